The molecule has 2 aromatic carbocycles. The van der Waals surface area contributed by atoms with Gasteiger partial charge in [-0.2, -0.15) is 0 Å². The summed E-state index contributed by atoms with van der Waals surface area (Å²) >= 11 is 0. The van der Waals surface area contributed by atoms with Gasteiger partial charge in [-0.25, -0.2) is 0 Å². The summed E-state index contributed by atoms with van der Waals surface area (Å²) in [6.07, 6.45) is 1.73. The van der Waals surface area contributed by atoms with E-state index in [4.69, 9.17) is 0 Å². The highest BCUT2D eigenvalue weighted by atomic mass is 16.3. The van der Waals surface area contributed by atoms with Crippen molar-refractivity contribution in [2.75, 3.05) is 13.6 Å². The van der Waals surface area contributed by atoms with Crippen LogP contribution < -0.4 is 0 Å². The molecule has 1 atom stereocenters. The molecular formula is C17H17NO3. The molecule has 1 unspecified atom stereocenters. The number of phenols is 3. The second-order valence-electron chi connectivity index (χ2n) is 5.96. The van der Waals surface area contributed by atoms with Gasteiger partial charge in [0.05, 0.1) is 0 Å². The van der Waals surface area contributed by atoms with Crippen LogP contribution in [0.3, 0.4) is 0 Å². The Morgan fingerprint density at radius 1 is 1.10 bits per heavy atom. The van der Waals surface area contributed by atoms with E-state index in [-0.39, 0.29) is 17.5 Å². The normalized spacial score (nSPS) is 20.0. The average Bonchev–Trinajstić information content (AvgIpc) is 2.48. The van der Waals surface area contributed by atoms with Gasteiger partial charge in [0, 0.05) is 18.2 Å². The van der Waals surface area contributed by atoms with Gasteiger partial charge < -0.3 is 15.3 Å². The van der Waals surface area contributed by atoms with E-state index in [0.29, 0.717) is 5.56 Å². The van der Waals surface area contributed by atoms with Gasteiger partial charge in [0.15, 0.2) is 11.5 Å². The summed E-state index contributed by atoms with van der Waals surface area (Å²) in [5.74, 6) is -0.914. The number of benzene rings is 2. The van der Waals surface area contributed by atoms with Gasteiger partial charge in [0.1, 0.15) is 0 Å². The van der Waals surface area contributed by atoms with Gasteiger partial charge in [-0.15, -0.1) is 0 Å². The van der Waals surface area contributed by atoms with Crippen molar-refractivity contribution in [2.24, 2.45) is 0 Å². The van der Waals surface area contributed by atoms with Crippen LogP contribution in [-0.4, -0.2) is 33.8 Å². The molecule has 4 rings (SSSR count). The third kappa shape index (κ3) is 1.59. The Labute approximate surface area is 122 Å². The zero-order valence-electron chi connectivity index (χ0n) is 11.8. The SMILES string of the molecule is CN1CCc2cccc3c2C1Cc1cc(O)c(O)c(O)c1-3. The van der Waals surface area contributed by atoms with Crippen molar-refractivity contribution in [1.82, 2.24) is 4.90 Å². The summed E-state index contributed by atoms with van der Waals surface area (Å²) in [6.45, 7) is 1.01. The maximum Gasteiger partial charge on any atom is 0.200 e. The minimum absolute atomic E-state index is 0.218. The van der Waals surface area contributed by atoms with Gasteiger partial charge in [-0.3, -0.25) is 4.90 Å². The van der Waals surface area contributed by atoms with E-state index in [0.717, 1.165) is 30.5 Å². The van der Waals surface area contributed by atoms with Crippen LogP contribution in [0, 0.1) is 0 Å². The maximum atomic E-state index is 10.3. The van der Waals surface area contributed by atoms with Crippen LogP contribution >= 0.6 is 0 Å². The van der Waals surface area contributed by atoms with Crippen molar-refractivity contribution in [2.45, 2.75) is 18.9 Å². The Morgan fingerprint density at radius 2 is 1.90 bits per heavy atom. The van der Waals surface area contributed by atoms with Crippen LogP contribution in [0.15, 0.2) is 24.3 Å². The summed E-state index contributed by atoms with van der Waals surface area (Å²) in [6, 6.07) is 7.96. The molecule has 108 valence electrons. The molecule has 21 heavy (non-hydrogen) atoms. The highest BCUT2D eigenvalue weighted by Crippen LogP contribution is 2.52. The number of aromatic hydroxyl groups is 3. The molecule has 3 N–H and O–H groups in total. The van der Waals surface area contributed by atoms with Crippen molar-refractivity contribution in [1.29, 1.82) is 0 Å². The molecule has 1 heterocycles. The molecule has 2 aromatic rings. The lowest BCUT2D eigenvalue weighted by Gasteiger charge is -2.39. The fraction of sp³-hybridized carbons (Fsp3) is 0.294. The molecule has 0 fully saturated rings. The summed E-state index contributed by atoms with van der Waals surface area (Å²) in [7, 11) is 2.11. The number of fused-ring (bicyclic) bond motifs is 2. The number of hydrogen-bond donors (Lipinski definition) is 3. The smallest absolute Gasteiger partial charge is 0.200 e. The first-order valence-corrected chi connectivity index (χ1v) is 7.17. The molecule has 0 radical (unpaired) electrons. The Morgan fingerprint density at radius 3 is 2.71 bits per heavy atom. The second-order valence-corrected chi connectivity index (χ2v) is 5.96. The van der Waals surface area contributed by atoms with E-state index in [2.05, 4.69) is 18.0 Å². The molecule has 0 amide bonds. The lowest BCUT2D eigenvalue weighted by Crippen LogP contribution is -2.35. The average molecular weight is 283 g/mol. The van der Waals surface area contributed by atoms with Crippen LogP contribution in [0.4, 0.5) is 0 Å². The van der Waals surface area contributed by atoms with Crippen molar-refractivity contribution < 1.29 is 15.3 Å². The first-order chi connectivity index (χ1) is 10.1. The molecule has 4 heteroatoms. The van der Waals surface area contributed by atoms with E-state index in [9.17, 15) is 15.3 Å². The van der Waals surface area contributed by atoms with Crippen molar-refractivity contribution in [3.8, 4) is 28.4 Å². The monoisotopic (exact) mass is 283 g/mol. The second kappa shape index (κ2) is 4.15. The van der Waals surface area contributed by atoms with Crippen LogP contribution in [0.25, 0.3) is 11.1 Å². The van der Waals surface area contributed by atoms with Crippen molar-refractivity contribution in [3.63, 3.8) is 0 Å². The minimum atomic E-state index is -0.436. The zero-order valence-corrected chi connectivity index (χ0v) is 11.8. The first kappa shape index (κ1) is 12.5. The molecular weight excluding hydrogens is 266 g/mol. The molecule has 0 aromatic heterocycles. The predicted octanol–water partition coefficient (Wildman–Crippen LogP) is 2.56. The molecule has 2 aliphatic rings. The maximum absolute atomic E-state index is 10.3. The number of rotatable bonds is 0. The summed E-state index contributed by atoms with van der Waals surface area (Å²) < 4.78 is 0. The van der Waals surface area contributed by atoms with Gasteiger partial charge in [0.25, 0.3) is 0 Å². The van der Waals surface area contributed by atoms with Gasteiger partial charge in [-0.1, -0.05) is 18.2 Å². The lowest BCUT2D eigenvalue weighted by molar-refractivity contribution is 0.227. The first-order valence-electron chi connectivity index (χ1n) is 7.17. The topological polar surface area (TPSA) is 63.9 Å². The quantitative estimate of drug-likeness (QED) is 0.650. The van der Waals surface area contributed by atoms with E-state index < -0.39 is 5.75 Å². The Balaban J connectivity index is 2.06. The summed E-state index contributed by atoms with van der Waals surface area (Å²) in [5, 5.41) is 29.9. The zero-order chi connectivity index (χ0) is 14.7. The fourth-order valence-corrected chi connectivity index (χ4v) is 3.74. The van der Waals surface area contributed by atoms with Crippen LogP contribution in [0.1, 0.15) is 22.7 Å². The van der Waals surface area contributed by atoms with E-state index in [1.807, 2.05) is 12.1 Å². The lowest BCUT2D eigenvalue weighted by atomic mass is 9.77. The van der Waals surface area contributed by atoms with Gasteiger partial charge in [0.2, 0.25) is 5.75 Å². The molecule has 1 aliphatic carbocycles. The molecule has 0 bridgehead atoms. The van der Waals surface area contributed by atoms with Crippen molar-refractivity contribution in [3.05, 3.63) is 41.0 Å². The van der Waals surface area contributed by atoms with E-state index in [1.165, 1.54) is 11.1 Å². The number of phenolic OH excluding ortho intramolecular Hbond substituents is 3. The molecule has 0 spiro atoms. The van der Waals surface area contributed by atoms with E-state index >= 15 is 0 Å². The fourth-order valence-electron chi connectivity index (χ4n) is 3.74. The molecule has 0 saturated heterocycles. The minimum Gasteiger partial charge on any atom is -0.504 e. The molecule has 1 aliphatic heterocycles. The Kier molecular flexibility index (Phi) is 2.48. The Hall–Kier alpha value is -2.20. The van der Waals surface area contributed by atoms with Crippen LogP contribution in [-0.2, 0) is 12.8 Å². The molecule has 4 nitrogen and oxygen atoms in total. The van der Waals surface area contributed by atoms with Gasteiger partial charge >= 0.3 is 0 Å². The van der Waals surface area contributed by atoms with Crippen molar-refractivity contribution >= 4 is 0 Å². The standard InChI is InChI=1S/C17H17NO3/c1-18-6-5-9-3-2-4-11-14(9)12(18)7-10-8-13(19)16(20)17(21)15(10)11/h2-4,8,12,19-21H,5-7H2,1H3. The largest absolute Gasteiger partial charge is 0.504 e. The number of nitrogens with zero attached hydrogens (tertiary/aromatic N) is 1. The third-order valence-corrected chi connectivity index (χ3v) is 4.81. The van der Waals surface area contributed by atoms with Crippen LogP contribution in [0.2, 0.25) is 0 Å². The highest BCUT2D eigenvalue weighted by molar-refractivity contribution is 5.83. The van der Waals surface area contributed by atoms with E-state index in [1.54, 1.807) is 6.07 Å². The van der Waals surface area contributed by atoms with Crippen LogP contribution in [0.5, 0.6) is 17.2 Å². The number of hydrogen-bond acceptors (Lipinski definition) is 4. The Bertz CT molecular complexity index is 754. The summed E-state index contributed by atoms with van der Waals surface area (Å²) in [4.78, 5) is 2.32. The number of likely N-dealkylation sites (N-methyl/N-ethyl adjacent to an activating group) is 1. The van der Waals surface area contributed by atoms with Gasteiger partial charge in [-0.05, 0) is 48.2 Å². The highest BCUT2D eigenvalue weighted by Gasteiger charge is 2.34. The summed E-state index contributed by atoms with van der Waals surface area (Å²) in [5.41, 5.74) is 5.07. The third-order valence-electron chi connectivity index (χ3n) is 4.81. The predicted molar refractivity (Wildman–Crippen MR) is 79.7 cm³/mol. The molecule has 0 saturated carbocycles.